The number of pyridine rings is 1. The minimum atomic E-state index is -0.600. The Morgan fingerprint density at radius 1 is 0.865 bits per heavy atom. The fraction of sp³-hybridized carbons (Fsp3) is 0.233. The monoisotopic (exact) mass is 513 g/mol. The molecular formula is C30H31N3O3S. The van der Waals surface area contributed by atoms with Gasteiger partial charge >= 0.3 is 0 Å². The van der Waals surface area contributed by atoms with Crippen LogP contribution in [0, 0.1) is 0 Å². The topological polar surface area (TPSA) is 69.1 Å². The minimum absolute atomic E-state index is 0.0318. The quantitative estimate of drug-likeness (QED) is 0.289. The zero-order valence-electron chi connectivity index (χ0n) is 20.6. The van der Waals surface area contributed by atoms with E-state index < -0.39 is 6.10 Å². The summed E-state index contributed by atoms with van der Waals surface area (Å²) in [5, 5.41) is 20.8. The second-order valence-electron chi connectivity index (χ2n) is 9.01. The molecular weight excluding hydrogens is 482 g/mol. The molecule has 190 valence electrons. The summed E-state index contributed by atoms with van der Waals surface area (Å²) in [6, 6.07) is 30.3. The Morgan fingerprint density at radius 2 is 1.54 bits per heavy atom. The van der Waals surface area contributed by atoms with Crippen LogP contribution >= 0.6 is 11.8 Å². The van der Waals surface area contributed by atoms with Gasteiger partial charge in [-0.2, -0.15) is 0 Å². The molecule has 0 spiro atoms. The highest BCUT2D eigenvalue weighted by molar-refractivity contribution is 7.99. The van der Waals surface area contributed by atoms with Crippen molar-refractivity contribution in [3.8, 4) is 5.75 Å². The number of hydrogen-bond donors (Lipinski definition) is 2. The maximum absolute atomic E-state index is 11.2. The molecule has 1 aliphatic heterocycles. The predicted molar refractivity (Wildman–Crippen MR) is 147 cm³/mol. The van der Waals surface area contributed by atoms with Crippen LogP contribution in [0.15, 0.2) is 107 Å². The van der Waals surface area contributed by atoms with E-state index in [9.17, 15) is 10.2 Å². The van der Waals surface area contributed by atoms with Crippen molar-refractivity contribution in [2.24, 2.45) is 0 Å². The van der Waals surface area contributed by atoms with E-state index in [2.05, 4.69) is 39.0 Å². The lowest BCUT2D eigenvalue weighted by molar-refractivity contribution is 0.100. The van der Waals surface area contributed by atoms with Gasteiger partial charge < -0.3 is 19.8 Å². The van der Waals surface area contributed by atoms with Crippen molar-refractivity contribution in [1.29, 1.82) is 0 Å². The number of aromatic nitrogens is 1. The summed E-state index contributed by atoms with van der Waals surface area (Å²) in [4.78, 5) is 10.9. The number of hydrogen-bond acceptors (Lipinski definition) is 7. The second kappa shape index (κ2) is 12.3. The number of benzene rings is 3. The molecule has 0 saturated carbocycles. The molecule has 1 aromatic heterocycles. The van der Waals surface area contributed by atoms with E-state index in [0.29, 0.717) is 32.8 Å². The Balaban J connectivity index is 1.22. The van der Waals surface area contributed by atoms with E-state index in [1.807, 2.05) is 66.7 Å². The Morgan fingerprint density at radius 3 is 2.19 bits per heavy atom. The Kier molecular flexibility index (Phi) is 8.38. The summed E-state index contributed by atoms with van der Waals surface area (Å²) >= 11 is 1.76. The van der Waals surface area contributed by atoms with Crippen LogP contribution in [0.3, 0.4) is 0 Å². The largest absolute Gasteiger partial charge is 0.487 e. The van der Waals surface area contributed by atoms with Crippen molar-refractivity contribution in [2.45, 2.75) is 29.0 Å². The molecule has 0 radical (unpaired) electrons. The molecule has 0 amide bonds. The van der Waals surface area contributed by atoms with Gasteiger partial charge in [-0.25, -0.2) is 0 Å². The molecule has 6 nitrogen and oxygen atoms in total. The maximum atomic E-state index is 11.2. The van der Waals surface area contributed by atoms with Gasteiger partial charge in [0.25, 0.3) is 0 Å². The number of nitrogens with zero attached hydrogens (tertiary/aromatic N) is 3. The van der Waals surface area contributed by atoms with Crippen molar-refractivity contribution in [1.82, 2.24) is 9.88 Å². The molecule has 1 unspecified atom stereocenters. The van der Waals surface area contributed by atoms with Crippen LogP contribution in [0.25, 0.3) is 0 Å². The molecule has 0 bridgehead atoms. The van der Waals surface area contributed by atoms with Crippen molar-refractivity contribution in [3.63, 3.8) is 0 Å². The summed E-state index contributed by atoms with van der Waals surface area (Å²) in [7, 11) is 0. The minimum Gasteiger partial charge on any atom is -0.487 e. The Bertz CT molecular complexity index is 1240. The molecule has 0 aliphatic carbocycles. The summed E-state index contributed by atoms with van der Waals surface area (Å²) < 4.78 is 5.84. The highest BCUT2D eigenvalue weighted by atomic mass is 32.2. The van der Waals surface area contributed by atoms with E-state index in [-0.39, 0.29) is 6.61 Å². The van der Waals surface area contributed by atoms with E-state index in [1.165, 1.54) is 9.79 Å². The first-order chi connectivity index (χ1) is 18.2. The number of rotatable bonds is 11. The van der Waals surface area contributed by atoms with Crippen molar-refractivity contribution < 1.29 is 14.9 Å². The molecule has 0 fully saturated rings. The third kappa shape index (κ3) is 6.50. The fourth-order valence-electron chi connectivity index (χ4n) is 4.51. The van der Waals surface area contributed by atoms with Gasteiger partial charge in [0.15, 0.2) is 0 Å². The third-order valence-corrected chi connectivity index (χ3v) is 7.38. The number of fused-ring (bicyclic) bond motifs is 2. The molecule has 37 heavy (non-hydrogen) atoms. The lowest BCUT2D eigenvalue weighted by atomic mass is 10.1. The van der Waals surface area contributed by atoms with E-state index in [0.717, 1.165) is 28.4 Å². The summed E-state index contributed by atoms with van der Waals surface area (Å²) in [5.41, 5.74) is 4.20. The normalized spacial score (nSPS) is 13.2. The first-order valence-electron chi connectivity index (χ1n) is 12.5. The van der Waals surface area contributed by atoms with Gasteiger partial charge in [-0.3, -0.25) is 9.88 Å². The highest BCUT2D eigenvalue weighted by Crippen LogP contribution is 2.47. The van der Waals surface area contributed by atoms with Gasteiger partial charge in [0.1, 0.15) is 12.4 Å². The summed E-state index contributed by atoms with van der Waals surface area (Å²) in [6.07, 6.45) is 1.16. The zero-order valence-corrected chi connectivity index (χ0v) is 21.4. The van der Waals surface area contributed by atoms with Crippen molar-refractivity contribution in [3.05, 3.63) is 108 Å². The SMILES string of the molecule is OCCN(Cc1ccc(OCc2ccccn2)cc1)CC(O)CN1c2ccccc2Sc2ccccc21. The first kappa shape index (κ1) is 25.3. The van der Waals surface area contributed by atoms with Crippen LogP contribution in [-0.4, -0.2) is 52.4 Å². The first-order valence-corrected chi connectivity index (χ1v) is 13.3. The van der Waals surface area contributed by atoms with E-state index in [4.69, 9.17) is 4.74 Å². The highest BCUT2D eigenvalue weighted by Gasteiger charge is 2.25. The van der Waals surface area contributed by atoms with Crippen LogP contribution in [0.2, 0.25) is 0 Å². The second-order valence-corrected chi connectivity index (χ2v) is 10.1. The van der Waals surface area contributed by atoms with Gasteiger partial charge in [0.05, 0.1) is 36.3 Å². The summed E-state index contributed by atoms with van der Waals surface area (Å²) in [6.45, 7) is 2.48. The van der Waals surface area contributed by atoms with Crippen LogP contribution in [0.1, 0.15) is 11.3 Å². The summed E-state index contributed by atoms with van der Waals surface area (Å²) in [5.74, 6) is 0.781. The molecule has 0 saturated heterocycles. The van der Waals surface area contributed by atoms with Gasteiger partial charge in [0.2, 0.25) is 0 Å². The number of para-hydroxylation sites is 2. The molecule has 4 aromatic rings. The predicted octanol–water partition coefficient (Wildman–Crippen LogP) is 5.12. The lowest BCUT2D eigenvalue weighted by Crippen LogP contribution is -2.40. The van der Waals surface area contributed by atoms with Crippen molar-refractivity contribution >= 4 is 23.1 Å². The van der Waals surface area contributed by atoms with Crippen LogP contribution < -0.4 is 9.64 Å². The molecule has 7 heteroatoms. The van der Waals surface area contributed by atoms with Crippen molar-refractivity contribution in [2.75, 3.05) is 31.1 Å². The number of aliphatic hydroxyl groups is 2. The Hall–Kier alpha value is -3.36. The average Bonchev–Trinajstić information content (AvgIpc) is 2.93. The standard InChI is InChI=1S/C30H31N3O3S/c34-18-17-32(19-23-12-14-26(15-13-23)36-22-24-7-5-6-16-31-24)20-25(35)21-33-27-8-1-3-10-29(27)37-30-11-4-2-9-28(30)33/h1-16,25,34-35H,17-22H2. The van der Waals surface area contributed by atoms with Crippen LogP contribution in [-0.2, 0) is 13.2 Å². The van der Waals surface area contributed by atoms with Gasteiger partial charge in [-0.1, -0.05) is 54.2 Å². The smallest absolute Gasteiger partial charge is 0.130 e. The van der Waals surface area contributed by atoms with Gasteiger partial charge in [-0.05, 0) is 54.1 Å². The number of β-amino-alcohol motifs (C(OH)–C–C–N with tert-alkyl or cyclic N) is 1. The zero-order chi connectivity index (χ0) is 25.5. The van der Waals surface area contributed by atoms with Gasteiger partial charge in [-0.15, -0.1) is 0 Å². The Labute approximate surface area is 222 Å². The van der Waals surface area contributed by atoms with Crippen LogP contribution in [0.5, 0.6) is 5.75 Å². The third-order valence-electron chi connectivity index (χ3n) is 6.25. The van der Waals surface area contributed by atoms with E-state index in [1.54, 1.807) is 18.0 Å². The average molecular weight is 514 g/mol. The maximum Gasteiger partial charge on any atom is 0.130 e. The molecule has 2 N–H and O–H groups in total. The number of ether oxygens (including phenoxy) is 1. The molecule has 2 heterocycles. The number of anilines is 2. The lowest BCUT2D eigenvalue weighted by Gasteiger charge is -2.35. The molecule has 5 rings (SSSR count). The molecule has 1 atom stereocenters. The molecule has 1 aliphatic rings. The van der Waals surface area contributed by atoms with Crippen LogP contribution in [0.4, 0.5) is 11.4 Å². The number of aliphatic hydroxyl groups excluding tert-OH is 2. The van der Waals surface area contributed by atoms with E-state index >= 15 is 0 Å². The molecule has 3 aromatic carbocycles. The van der Waals surface area contributed by atoms with Gasteiger partial charge in [0, 0.05) is 35.6 Å². The fourth-order valence-corrected chi connectivity index (χ4v) is 5.61.